The second kappa shape index (κ2) is 5.19. The quantitative estimate of drug-likeness (QED) is 0.916. The van der Waals surface area contributed by atoms with Gasteiger partial charge in [-0.05, 0) is 24.3 Å². The lowest BCUT2D eigenvalue weighted by Crippen LogP contribution is -2.00. The van der Waals surface area contributed by atoms with Crippen molar-refractivity contribution in [3.8, 4) is 17.6 Å². The highest BCUT2D eigenvalue weighted by molar-refractivity contribution is 5.90. The molecular weight excluding hydrogens is 249 g/mol. The monoisotopic (exact) mass is 257 g/mol. The minimum atomic E-state index is -1.16. The number of carboxylic acid groups (broad SMARTS) is 1. The van der Waals surface area contributed by atoms with Crippen molar-refractivity contribution in [2.75, 3.05) is 0 Å². The van der Waals surface area contributed by atoms with Crippen LogP contribution in [0.5, 0.6) is 11.5 Å². The van der Waals surface area contributed by atoms with Gasteiger partial charge >= 0.3 is 5.97 Å². The Bertz CT molecular complexity index is 677. The van der Waals surface area contributed by atoms with Crippen LogP contribution in [0.2, 0.25) is 0 Å². The van der Waals surface area contributed by atoms with Gasteiger partial charge in [0.15, 0.2) is 0 Å². The highest BCUT2D eigenvalue weighted by Crippen LogP contribution is 2.29. The fourth-order valence-electron chi connectivity index (χ4n) is 1.55. The standard InChI is InChI=1S/C14H8FNO3/c15-11-5-3-7-13(10(11)8-16)19-12-6-2-1-4-9(12)14(17)18/h1-7H,(H,17,18). The van der Waals surface area contributed by atoms with E-state index >= 15 is 0 Å². The molecule has 4 nitrogen and oxygen atoms in total. The van der Waals surface area contributed by atoms with Crippen molar-refractivity contribution in [2.45, 2.75) is 0 Å². The van der Waals surface area contributed by atoms with Crippen LogP contribution in [-0.4, -0.2) is 11.1 Å². The molecule has 94 valence electrons. The lowest BCUT2D eigenvalue weighted by molar-refractivity contribution is 0.0694. The average Bonchev–Trinajstić information content (AvgIpc) is 2.39. The summed E-state index contributed by atoms with van der Waals surface area (Å²) in [6.45, 7) is 0. The molecule has 0 atom stereocenters. The molecule has 0 saturated heterocycles. The van der Waals surface area contributed by atoms with Crippen molar-refractivity contribution >= 4 is 5.97 Å². The number of nitriles is 1. The zero-order chi connectivity index (χ0) is 13.8. The van der Waals surface area contributed by atoms with E-state index in [2.05, 4.69) is 0 Å². The van der Waals surface area contributed by atoms with Gasteiger partial charge in [0.05, 0.1) is 0 Å². The predicted molar refractivity (Wildman–Crippen MR) is 64.6 cm³/mol. The fraction of sp³-hybridized carbons (Fsp3) is 0. The first-order valence-electron chi connectivity index (χ1n) is 5.32. The Hall–Kier alpha value is -2.87. The Morgan fingerprint density at radius 1 is 1.16 bits per heavy atom. The van der Waals surface area contributed by atoms with E-state index in [1.54, 1.807) is 18.2 Å². The molecule has 0 unspecified atom stereocenters. The van der Waals surface area contributed by atoms with Crippen molar-refractivity contribution in [3.63, 3.8) is 0 Å². The minimum Gasteiger partial charge on any atom is -0.478 e. The van der Waals surface area contributed by atoms with Crippen LogP contribution in [0.3, 0.4) is 0 Å². The molecule has 0 saturated carbocycles. The molecular formula is C14H8FNO3. The summed E-state index contributed by atoms with van der Waals surface area (Å²) >= 11 is 0. The number of rotatable bonds is 3. The number of para-hydroxylation sites is 1. The number of benzene rings is 2. The molecule has 19 heavy (non-hydrogen) atoms. The number of aromatic carboxylic acids is 1. The first-order valence-corrected chi connectivity index (χ1v) is 5.32. The van der Waals surface area contributed by atoms with Gasteiger partial charge in [0.25, 0.3) is 0 Å². The molecule has 2 aromatic rings. The predicted octanol–water partition coefficient (Wildman–Crippen LogP) is 3.19. The van der Waals surface area contributed by atoms with Gasteiger partial charge in [-0.15, -0.1) is 0 Å². The molecule has 0 spiro atoms. The molecule has 0 heterocycles. The fourth-order valence-corrected chi connectivity index (χ4v) is 1.55. The van der Waals surface area contributed by atoms with E-state index in [0.29, 0.717) is 0 Å². The summed E-state index contributed by atoms with van der Waals surface area (Å²) in [5, 5.41) is 17.9. The molecule has 0 bridgehead atoms. The van der Waals surface area contributed by atoms with Gasteiger partial charge < -0.3 is 9.84 Å². The normalized spacial score (nSPS) is 9.68. The Morgan fingerprint density at radius 3 is 2.53 bits per heavy atom. The summed E-state index contributed by atoms with van der Waals surface area (Å²) in [4.78, 5) is 11.0. The number of carbonyl (C=O) groups is 1. The van der Waals surface area contributed by atoms with Gasteiger partial charge in [0.1, 0.15) is 34.5 Å². The van der Waals surface area contributed by atoms with Crippen LogP contribution < -0.4 is 4.74 Å². The van der Waals surface area contributed by atoms with Gasteiger partial charge in [-0.2, -0.15) is 5.26 Å². The van der Waals surface area contributed by atoms with Crippen LogP contribution >= 0.6 is 0 Å². The van der Waals surface area contributed by atoms with Gasteiger partial charge in [0.2, 0.25) is 0 Å². The molecule has 2 rings (SSSR count). The first kappa shape index (κ1) is 12.6. The third-order valence-corrected chi connectivity index (χ3v) is 2.42. The van der Waals surface area contributed by atoms with Crippen LogP contribution in [-0.2, 0) is 0 Å². The van der Waals surface area contributed by atoms with Crippen molar-refractivity contribution in [3.05, 3.63) is 59.4 Å². The maximum atomic E-state index is 13.4. The number of nitrogens with zero attached hydrogens (tertiary/aromatic N) is 1. The highest BCUT2D eigenvalue weighted by Gasteiger charge is 2.14. The van der Waals surface area contributed by atoms with E-state index in [4.69, 9.17) is 15.1 Å². The second-order valence-corrected chi connectivity index (χ2v) is 3.63. The first-order chi connectivity index (χ1) is 9.13. The zero-order valence-corrected chi connectivity index (χ0v) is 9.63. The molecule has 0 radical (unpaired) electrons. The summed E-state index contributed by atoms with van der Waals surface area (Å²) in [5.41, 5.74) is -0.321. The molecule has 1 N–H and O–H groups in total. The zero-order valence-electron chi connectivity index (χ0n) is 9.63. The van der Waals surface area contributed by atoms with E-state index in [0.717, 1.165) is 6.07 Å². The summed E-state index contributed by atoms with van der Waals surface area (Å²) in [6.07, 6.45) is 0. The van der Waals surface area contributed by atoms with Crippen molar-refractivity contribution in [1.82, 2.24) is 0 Å². The van der Waals surface area contributed by atoms with E-state index in [-0.39, 0.29) is 22.6 Å². The van der Waals surface area contributed by atoms with Crippen LogP contribution in [0.15, 0.2) is 42.5 Å². The SMILES string of the molecule is N#Cc1c(F)cccc1Oc1ccccc1C(=O)O. The Labute approximate surface area is 108 Å². The molecule has 5 heteroatoms. The molecule has 0 aliphatic heterocycles. The van der Waals surface area contributed by atoms with Crippen molar-refractivity contribution < 1.29 is 19.0 Å². The number of hydrogen-bond donors (Lipinski definition) is 1. The minimum absolute atomic E-state index is 0.0174. The lowest BCUT2D eigenvalue weighted by atomic mass is 10.2. The molecule has 0 aliphatic carbocycles. The summed E-state index contributed by atoms with van der Waals surface area (Å²) in [7, 11) is 0. The maximum absolute atomic E-state index is 13.4. The van der Waals surface area contributed by atoms with E-state index in [9.17, 15) is 9.18 Å². The third-order valence-electron chi connectivity index (χ3n) is 2.42. The molecule has 0 fully saturated rings. The number of halogens is 1. The Morgan fingerprint density at radius 2 is 1.84 bits per heavy atom. The lowest BCUT2D eigenvalue weighted by Gasteiger charge is -2.09. The molecule has 0 amide bonds. The highest BCUT2D eigenvalue weighted by atomic mass is 19.1. The topological polar surface area (TPSA) is 70.3 Å². The van der Waals surface area contributed by atoms with Gasteiger partial charge in [-0.3, -0.25) is 0 Å². The molecule has 2 aromatic carbocycles. The number of hydrogen-bond acceptors (Lipinski definition) is 3. The Balaban J connectivity index is 2.46. The van der Waals surface area contributed by atoms with Crippen LogP contribution in [0.4, 0.5) is 4.39 Å². The van der Waals surface area contributed by atoms with Crippen molar-refractivity contribution in [1.29, 1.82) is 5.26 Å². The molecule has 0 aromatic heterocycles. The van der Waals surface area contributed by atoms with Gasteiger partial charge in [0, 0.05) is 0 Å². The number of ether oxygens (including phenoxy) is 1. The average molecular weight is 257 g/mol. The maximum Gasteiger partial charge on any atom is 0.339 e. The number of carboxylic acids is 1. The van der Waals surface area contributed by atoms with Gasteiger partial charge in [-0.1, -0.05) is 18.2 Å². The summed E-state index contributed by atoms with van der Waals surface area (Å²) < 4.78 is 18.7. The smallest absolute Gasteiger partial charge is 0.339 e. The van der Waals surface area contributed by atoms with Gasteiger partial charge in [-0.25, -0.2) is 9.18 Å². The van der Waals surface area contributed by atoms with Crippen LogP contribution in [0.1, 0.15) is 15.9 Å². The summed E-state index contributed by atoms with van der Waals surface area (Å²) in [6, 6.07) is 11.5. The van der Waals surface area contributed by atoms with E-state index < -0.39 is 11.8 Å². The van der Waals surface area contributed by atoms with E-state index in [1.807, 2.05) is 0 Å². The van der Waals surface area contributed by atoms with Crippen molar-refractivity contribution in [2.24, 2.45) is 0 Å². The largest absolute Gasteiger partial charge is 0.478 e. The van der Waals surface area contributed by atoms with E-state index in [1.165, 1.54) is 24.3 Å². The summed E-state index contributed by atoms with van der Waals surface area (Å²) in [5.74, 6) is -1.84. The molecule has 0 aliphatic rings. The van der Waals surface area contributed by atoms with Crippen LogP contribution in [0, 0.1) is 17.1 Å². The second-order valence-electron chi connectivity index (χ2n) is 3.63. The Kier molecular flexibility index (Phi) is 3.44. The third kappa shape index (κ3) is 2.53. The van der Waals surface area contributed by atoms with Crippen LogP contribution in [0.25, 0.3) is 0 Å².